The molecule has 0 heterocycles. The van der Waals surface area contributed by atoms with E-state index in [4.69, 9.17) is 23.2 Å². The monoisotopic (exact) mass is 290 g/mol. The van der Waals surface area contributed by atoms with Crippen LogP contribution in [0.15, 0.2) is 18.2 Å². The number of benzene rings is 1. The van der Waals surface area contributed by atoms with E-state index in [9.17, 15) is 9.59 Å². The van der Waals surface area contributed by atoms with Gasteiger partial charge in [-0.2, -0.15) is 0 Å². The van der Waals surface area contributed by atoms with Gasteiger partial charge in [-0.05, 0) is 24.1 Å². The number of methoxy groups -OCH3 is 2. The van der Waals surface area contributed by atoms with Crippen molar-refractivity contribution in [2.75, 3.05) is 14.2 Å². The van der Waals surface area contributed by atoms with Crippen molar-refractivity contribution in [2.24, 2.45) is 5.92 Å². The summed E-state index contributed by atoms with van der Waals surface area (Å²) in [4.78, 5) is 23.1. The third-order valence-electron chi connectivity index (χ3n) is 2.44. The van der Waals surface area contributed by atoms with Gasteiger partial charge in [0.25, 0.3) is 0 Å². The average molecular weight is 291 g/mol. The van der Waals surface area contributed by atoms with Gasteiger partial charge in [-0.25, -0.2) is 0 Å². The predicted molar refractivity (Wildman–Crippen MR) is 67.7 cm³/mol. The Bertz CT molecular complexity index is 423. The van der Waals surface area contributed by atoms with E-state index in [0.717, 1.165) is 0 Å². The number of carbonyl (C=O) groups excluding carboxylic acids is 2. The first-order chi connectivity index (χ1) is 8.51. The Balaban J connectivity index is 3.03. The molecule has 1 rings (SSSR count). The summed E-state index contributed by atoms with van der Waals surface area (Å²) in [7, 11) is 2.40. The van der Waals surface area contributed by atoms with E-state index < -0.39 is 17.9 Å². The molecule has 0 saturated heterocycles. The lowest BCUT2D eigenvalue weighted by molar-refractivity contribution is -0.158. The first-order valence-electron chi connectivity index (χ1n) is 5.09. The number of rotatable bonds is 4. The predicted octanol–water partition coefficient (Wildman–Crippen LogP) is 2.50. The third kappa shape index (κ3) is 3.37. The summed E-state index contributed by atoms with van der Waals surface area (Å²) in [5.74, 6) is -2.44. The van der Waals surface area contributed by atoms with Crippen LogP contribution in [0.25, 0.3) is 0 Å². The molecule has 0 bridgehead atoms. The Hall–Kier alpha value is -1.26. The van der Waals surface area contributed by atoms with E-state index in [1.54, 1.807) is 18.2 Å². The first kappa shape index (κ1) is 14.8. The van der Waals surface area contributed by atoms with Crippen LogP contribution in [0.1, 0.15) is 5.56 Å². The van der Waals surface area contributed by atoms with Crippen LogP contribution in [0.2, 0.25) is 10.0 Å². The van der Waals surface area contributed by atoms with Crippen LogP contribution in [0, 0.1) is 5.92 Å². The van der Waals surface area contributed by atoms with Gasteiger partial charge < -0.3 is 9.47 Å². The molecule has 0 aliphatic heterocycles. The maximum Gasteiger partial charge on any atom is 0.320 e. The summed E-state index contributed by atoms with van der Waals surface area (Å²) >= 11 is 12.0. The molecule has 0 spiro atoms. The number of halogens is 2. The molecule has 1 aromatic rings. The average Bonchev–Trinajstić information content (AvgIpc) is 2.37. The van der Waals surface area contributed by atoms with Crippen LogP contribution in [0.5, 0.6) is 0 Å². The lowest BCUT2D eigenvalue weighted by Crippen LogP contribution is -2.28. The van der Waals surface area contributed by atoms with E-state index in [-0.39, 0.29) is 6.42 Å². The number of hydrogen-bond acceptors (Lipinski definition) is 4. The Morgan fingerprint density at radius 3 is 1.94 bits per heavy atom. The Labute approximate surface area is 115 Å². The minimum Gasteiger partial charge on any atom is -0.468 e. The standard InChI is InChI=1S/C12H12Cl2O4/c1-17-11(15)8(12(16)18-2)6-7-9(13)4-3-5-10(7)14/h3-5,8H,6H2,1-2H3. The van der Waals surface area contributed by atoms with Crippen LogP contribution in [-0.2, 0) is 25.5 Å². The van der Waals surface area contributed by atoms with E-state index in [2.05, 4.69) is 9.47 Å². The van der Waals surface area contributed by atoms with Gasteiger partial charge in [0.05, 0.1) is 14.2 Å². The van der Waals surface area contributed by atoms with Crippen molar-refractivity contribution in [1.82, 2.24) is 0 Å². The quantitative estimate of drug-likeness (QED) is 0.632. The number of hydrogen-bond donors (Lipinski definition) is 0. The van der Waals surface area contributed by atoms with E-state index in [1.165, 1.54) is 14.2 Å². The highest BCUT2D eigenvalue weighted by Crippen LogP contribution is 2.27. The van der Waals surface area contributed by atoms with Crippen molar-refractivity contribution >= 4 is 35.1 Å². The van der Waals surface area contributed by atoms with Gasteiger partial charge in [0.2, 0.25) is 0 Å². The molecule has 18 heavy (non-hydrogen) atoms. The zero-order valence-corrected chi connectivity index (χ0v) is 11.4. The number of esters is 2. The minimum absolute atomic E-state index is 0.0395. The van der Waals surface area contributed by atoms with Crippen molar-refractivity contribution < 1.29 is 19.1 Å². The molecule has 6 heteroatoms. The van der Waals surface area contributed by atoms with E-state index in [1.807, 2.05) is 0 Å². The van der Waals surface area contributed by atoms with Crippen molar-refractivity contribution in [1.29, 1.82) is 0 Å². The number of ether oxygens (including phenoxy) is 2. The molecule has 0 saturated carbocycles. The Morgan fingerprint density at radius 1 is 1.11 bits per heavy atom. The largest absolute Gasteiger partial charge is 0.468 e. The van der Waals surface area contributed by atoms with Crippen molar-refractivity contribution in [3.63, 3.8) is 0 Å². The third-order valence-corrected chi connectivity index (χ3v) is 3.15. The Kier molecular flexibility index (Phi) is 5.44. The highest BCUT2D eigenvalue weighted by molar-refractivity contribution is 6.36. The molecule has 98 valence electrons. The zero-order valence-electron chi connectivity index (χ0n) is 9.91. The van der Waals surface area contributed by atoms with Crippen LogP contribution < -0.4 is 0 Å². The normalized spacial score (nSPS) is 10.3. The van der Waals surface area contributed by atoms with E-state index in [0.29, 0.717) is 15.6 Å². The molecule has 0 atom stereocenters. The van der Waals surface area contributed by atoms with Gasteiger partial charge in [0.1, 0.15) is 0 Å². The van der Waals surface area contributed by atoms with Crippen LogP contribution in [0.3, 0.4) is 0 Å². The second kappa shape index (κ2) is 6.61. The topological polar surface area (TPSA) is 52.6 Å². The number of carbonyl (C=O) groups is 2. The highest BCUT2D eigenvalue weighted by Gasteiger charge is 2.30. The molecule has 4 nitrogen and oxygen atoms in total. The highest BCUT2D eigenvalue weighted by atomic mass is 35.5. The van der Waals surface area contributed by atoms with Crippen LogP contribution in [0.4, 0.5) is 0 Å². The fourth-order valence-electron chi connectivity index (χ4n) is 1.48. The molecule has 0 aliphatic carbocycles. The van der Waals surface area contributed by atoms with Gasteiger partial charge in [-0.3, -0.25) is 9.59 Å². The summed E-state index contributed by atoms with van der Waals surface area (Å²) in [6.45, 7) is 0. The summed E-state index contributed by atoms with van der Waals surface area (Å²) in [5, 5.41) is 0.778. The zero-order chi connectivity index (χ0) is 13.7. The second-order valence-electron chi connectivity index (χ2n) is 3.50. The van der Waals surface area contributed by atoms with Crippen molar-refractivity contribution in [2.45, 2.75) is 6.42 Å². The summed E-state index contributed by atoms with van der Waals surface area (Å²) in [5.41, 5.74) is 0.515. The fraction of sp³-hybridized carbons (Fsp3) is 0.333. The Morgan fingerprint density at radius 2 is 1.56 bits per heavy atom. The fourth-order valence-corrected chi connectivity index (χ4v) is 2.03. The summed E-state index contributed by atoms with van der Waals surface area (Å²) < 4.78 is 9.12. The van der Waals surface area contributed by atoms with Gasteiger partial charge in [0, 0.05) is 10.0 Å². The molecule has 0 fully saturated rings. The van der Waals surface area contributed by atoms with Gasteiger partial charge >= 0.3 is 11.9 Å². The summed E-state index contributed by atoms with van der Waals surface area (Å²) in [6, 6.07) is 4.95. The van der Waals surface area contributed by atoms with Crippen molar-refractivity contribution in [3.8, 4) is 0 Å². The van der Waals surface area contributed by atoms with Crippen LogP contribution >= 0.6 is 23.2 Å². The van der Waals surface area contributed by atoms with Crippen LogP contribution in [-0.4, -0.2) is 26.2 Å². The van der Waals surface area contributed by atoms with Gasteiger partial charge in [-0.1, -0.05) is 29.3 Å². The first-order valence-corrected chi connectivity index (χ1v) is 5.85. The molecule has 0 aliphatic rings. The van der Waals surface area contributed by atoms with Gasteiger partial charge in [0.15, 0.2) is 5.92 Å². The molecular weight excluding hydrogens is 279 g/mol. The SMILES string of the molecule is COC(=O)C(Cc1c(Cl)cccc1Cl)C(=O)OC. The molecule has 0 radical (unpaired) electrons. The molecule has 1 aromatic carbocycles. The smallest absolute Gasteiger partial charge is 0.320 e. The second-order valence-corrected chi connectivity index (χ2v) is 4.32. The maximum atomic E-state index is 11.5. The lowest BCUT2D eigenvalue weighted by Gasteiger charge is -2.14. The van der Waals surface area contributed by atoms with Gasteiger partial charge in [-0.15, -0.1) is 0 Å². The molecular formula is C12H12Cl2O4. The summed E-state index contributed by atoms with van der Waals surface area (Å²) in [6.07, 6.45) is 0.0395. The molecule has 0 N–H and O–H groups in total. The maximum absolute atomic E-state index is 11.5. The molecule has 0 amide bonds. The molecule has 0 unspecified atom stereocenters. The lowest BCUT2D eigenvalue weighted by atomic mass is 9.99. The van der Waals surface area contributed by atoms with E-state index >= 15 is 0 Å². The minimum atomic E-state index is -1.07. The molecule has 0 aromatic heterocycles. The van der Waals surface area contributed by atoms with Crippen molar-refractivity contribution in [3.05, 3.63) is 33.8 Å².